The van der Waals surface area contributed by atoms with Crippen LogP contribution in [0, 0.1) is 0 Å². The van der Waals surface area contributed by atoms with Crippen molar-refractivity contribution >= 4 is 11.9 Å². The lowest BCUT2D eigenvalue weighted by molar-refractivity contribution is -0.143. The zero-order chi connectivity index (χ0) is 55.7. The minimum Gasteiger partial charge on any atom is -0.466 e. The van der Waals surface area contributed by atoms with E-state index in [-0.39, 0.29) is 18.5 Å². The van der Waals surface area contributed by atoms with E-state index in [1.807, 2.05) is 0 Å². The van der Waals surface area contributed by atoms with Crippen molar-refractivity contribution in [2.24, 2.45) is 0 Å². The molecule has 0 spiro atoms. The van der Waals surface area contributed by atoms with Crippen LogP contribution in [0.1, 0.15) is 380 Å². The van der Waals surface area contributed by atoms with Crippen LogP contribution < -0.4 is 5.32 Å². The highest BCUT2D eigenvalue weighted by Gasteiger charge is 2.20. The van der Waals surface area contributed by atoms with Gasteiger partial charge in [-0.25, -0.2) is 0 Å². The summed E-state index contributed by atoms with van der Waals surface area (Å²) >= 11 is 0. The van der Waals surface area contributed by atoms with Crippen molar-refractivity contribution < 1.29 is 24.5 Å². The van der Waals surface area contributed by atoms with Gasteiger partial charge in [-0.3, -0.25) is 9.59 Å². The first-order valence-corrected chi connectivity index (χ1v) is 34.7. The van der Waals surface area contributed by atoms with Crippen LogP contribution in [0.2, 0.25) is 0 Å². The van der Waals surface area contributed by atoms with Gasteiger partial charge in [0.2, 0.25) is 5.91 Å². The minimum absolute atomic E-state index is 0.0000821. The molecule has 0 rings (SSSR count). The zero-order valence-electron chi connectivity index (χ0n) is 52.0. The highest BCUT2D eigenvalue weighted by Crippen LogP contribution is 2.18. The molecule has 6 nitrogen and oxygen atoms in total. The molecule has 454 valence electrons. The molecule has 6 heteroatoms. The lowest BCUT2D eigenvalue weighted by Crippen LogP contribution is -2.45. The third kappa shape index (κ3) is 63.1. The molecule has 0 bridgehead atoms. The molecule has 0 radical (unpaired) electrons. The second-order valence-corrected chi connectivity index (χ2v) is 23.9. The monoisotopic (exact) mass is 1080 g/mol. The van der Waals surface area contributed by atoms with Gasteiger partial charge in [0, 0.05) is 12.8 Å². The molecule has 0 aliphatic heterocycles. The number of aliphatic hydroxyl groups is 2. The van der Waals surface area contributed by atoms with Crippen molar-refractivity contribution in [1.82, 2.24) is 5.32 Å². The van der Waals surface area contributed by atoms with E-state index in [9.17, 15) is 19.8 Å². The molecule has 3 N–H and O–H groups in total. The summed E-state index contributed by atoms with van der Waals surface area (Å²) in [5.41, 5.74) is 0. The van der Waals surface area contributed by atoms with Gasteiger partial charge < -0.3 is 20.3 Å². The number of ether oxygens (including phenoxy) is 1. The summed E-state index contributed by atoms with van der Waals surface area (Å²) in [6.07, 6.45) is 84.7. The van der Waals surface area contributed by atoms with Crippen LogP contribution in [0.25, 0.3) is 0 Å². The number of hydrogen-bond acceptors (Lipinski definition) is 5. The number of rotatable bonds is 65. The molecule has 0 heterocycles. The number of nitrogens with one attached hydrogen (secondary N) is 1. The topological polar surface area (TPSA) is 95.9 Å². The molecule has 0 aliphatic carbocycles. The fourth-order valence-electron chi connectivity index (χ4n) is 10.8. The maximum absolute atomic E-state index is 12.5. The molecule has 1 amide bonds. The molecule has 0 aromatic heterocycles. The zero-order valence-corrected chi connectivity index (χ0v) is 52.0. The summed E-state index contributed by atoms with van der Waals surface area (Å²) < 4.78 is 5.48. The van der Waals surface area contributed by atoms with Crippen LogP contribution in [0.5, 0.6) is 0 Å². The standard InChI is InChI=1S/C71H135NO5/c1-3-5-7-9-11-13-15-17-19-20-21-30-33-36-39-43-47-51-55-59-63-69(74)68(67-73)72-70(75)64-60-56-52-48-44-40-37-34-31-28-26-24-22-23-25-27-29-32-35-38-42-46-50-54-58-62-66-77-71(76)65-61-57-53-49-45-41-18-16-14-12-10-8-6-4-2/h10,12,16,18,22,24,68-69,73-74H,3-9,11,13-15,17,19-21,23,25-67H2,1-2H3,(H,72,75)/b12-10-,18-16-,24-22-. The molecule has 0 aromatic carbocycles. The van der Waals surface area contributed by atoms with Crippen LogP contribution in [0.15, 0.2) is 36.5 Å². The summed E-state index contributed by atoms with van der Waals surface area (Å²) in [5, 5.41) is 23.4. The Hall–Kier alpha value is -1.92. The van der Waals surface area contributed by atoms with E-state index in [1.54, 1.807) is 0 Å². The summed E-state index contributed by atoms with van der Waals surface area (Å²) in [4.78, 5) is 24.6. The van der Waals surface area contributed by atoms with Gasteiger partial charge in [0.25, 0.3) is 0 Å². The average molecular weight is 1080 g/mol. The lowest BCUT2D eigenvalue weighted by atomic mass is 10.0. The van der Waals surface area contributed by atoms with Crippen LogP contribution in [0.4, 0.5) is 0 Å². The van der Waals surface area contributed by atoms with Crippen molar-refractivity contribution in [3.63, 3.8) is 0 Å². The highest BCUT2D eigenvalue weighted by atomic mass is 16.5. The Bertz CT molecular complexity index is 1250. The third-order valence-corrected chi connectivity index (χ3v) is 16.2. The van der Waals surface area contributed by atoms with Gasteiger partial charge in [0.05, 0.1) is 25.4 Å². The molecular formula is C71H135NO5. The normalized spacial score (nSPS) is 12.7. The van der Waals surface area contributed by atoms with Gasteiger partial charge in [0.1, 0.15) is 0 Å². The van der Waals surface area contributed by atoms with E-state index in [0.717, 1.165) is 51.4 Å². The first-order valence-electron chi connectivity index (χ1n) is 34.7. The lowest BCUT2D eigenvalue weighted by Gasteiger charge is -2.22. The molecule has 0 aliphatic rings. The number of allylic oxidation sites excluding steroid dienone is 6. The first kappa shape index (κ1) is 75.1. The summed E-state index contributed by atoms with van der Waals surface area (Å²) in [6.45, 7) is 4.94. The van der Waals surface area contributed by atoms with Gasteiger partial charge >= 0.3 is 5.97 Å². The number of carbonyl (C=O) groups is 2. The summed E-state index contributed by atoms with van der Waals surface area (Å²) in [6, 6.07) is -0.544. The van der Waals surface area contributed by atoms with Gasteiger partial charge in [0.15, 0.2) is 0 Å². The fourth-order valence-corrected chi connectivity index (χ4v) is 10.8. The number of amides is 1. The number of aliphatic hydroxyl groups excluding tert-OH is 2. The van der Waals surface area contributed by atoms with Crippen molar-refractivity contribution in [1.29, 1.82) is 0 Å². The van der Waals surface area contributed by atoms with E-state index in [4.69, 9.17) is 4.74 Å². The molecule has 0 aromatic rings. The number of esters is 1. The van der Waals surface area contributed by atoms with E-state index in [2.05, 4.69) is 55.6 Å². The van der Waals surface area contributed by atoms with Crippen molar-refractivity contribution in [3.8, 4) is 0 Å². The quantitative estimate of drug-likeness (QED) is 0.0320. The number of unbranched alkanes of at least 4 members (excludes halogenated alkanes) is 48. The van der Waals surface area contributed by atoms with E-state index in [0.29, 0.717) is 25.9 Å². The predicted octanol–water partition coefficient (Wildman–Crippen LogP) is 22.3. The van der Waals surface area contributed by atoms with Crippen molar-refractivity contribution in [3.05, 3.63) is 36.5 Å². The Kier molecular flexibility index (Phi) is 64.9. The van der Waals surface area contributed by atoms with Crippen LogP contribution in [0.3, 0.4) is 0 Å². The maximum Gasteiger partial charge on any atom is 0.305 e. The molecule has 2 atom stereocenters. The first-order chi connectivity index (χ1) is 38.0. The van der Waals surface area contributed by atoms with Crippen LogP contribution >= 0.6 is 0 Å². The molecule has 2 unspecified atom stereocenters. The van der Waals surface area contributed by atoms with Gasteiger partial charge in [-0.1, -0.05) is 326 Å². The smallest absolute Gasteiger partial charge is 0.305 e. The third-order valence-electron chi connectivity index (χ3n) is 16.2. The molecule has 0 saturated carbocycles. The minimum atomic E-state index is -0.667. The fraction of sp³-hybridized carbons (Fsp3) is 0.887. The Labute approximate surface area is 481 Å². The molecule has 77 heavy (non-hydrogen) atoms. The van der Waals surface area contributed by atoms with E-state index in [1.165, 1.54) is 295 Å². The largest absolute Gasteiger partial charge is 0.466 e. The average Bonchev–Trinajstić information content (AvgIpc) is 3.43. The Balaban J connectivity index is 3.40. The summed E-state index contributed by atoms with van der Waals surface area (Å²) in [7, 11) is 0. The number of hydrogen-bond donors (Lipinski definition) is 3. The van der Waals surface area contributed by atoms with Gasteiger partial charge in [-0.05, 0) is 77.0 Å². The van der Waals surface area contributed by atoms with Crippen LogP contribution in [-0.2, 0) is 14.3 Å². The van der Waals surface area contributed by atoms with E-state index >= 15 is 0 Å². The second-order valence-electron chi connectivity index (χ2n) is 23.9. The second kappa shape index (κ2) is 66.6. The van der Waals surface area contributed by atoms with Crippen LogP contribution in [-0.4, -0.2) is 47.4 Å². The Morgan fingerprint density at radius 3 is 1.04 bits per heavy atom. The van der Waals surface area contributed by atoms with E-state index < -0.39 is 12.1 Å². The number of carbonyl (C=O) groups excluding carboxylic acids is 2. The van der Waals surface area contributed by atoms with Gasteiger partial charge in [-0.15, -0.1) is 0 Å². The molecular weight excluding hydrogens is 947 g/mol. The molecule has 0 fully saturated rings. The Morgan fingerprint density at radius 2 is 0.662 bits per heavy atom. The Morgan fingerprint density at radius 1 is 0.364 bits per heavy atom. The van der Waals surface area contributed by atoms with Gasteiger partial charge in [-0.2, -0.15) is 0 Å². The summed E-state index contributed by atoms with van der Waals surface area (Å²) in [5.74, 6) is -0.0333. The maximum atomic E-state index is 12.5. The molecule has 0 saturated heterocycles. The van der Waals surface area contributed by atoms with Crippen molar-refractivity contribution in [2.45, 2.75) is 392 Å². The highest BCUT2D eigenvalue weighted by molar-refractivity contribution is 5.76. The SMILES string of the molecule is CCCC/C=C\C/C=C\CCCCCCCC(=O)OCCCCCCCCCCCCCC/C=C\CCCCCCCCCCCCC(=O)NC(CO)C(O)CCCCCCCCCCCCCCCCCCCCCC. The predicted molar refractivity (Wildman–Crippen MR) is 338 cm³/mol. The van der Waals surface area contributed by atoms with Crippen molar-refractivity contribution in [2.75, 3.05) is 13.2 Å².